The molecule has 106 valence electrons. The number of piperidine rings is 1. The van der Waals surface area contributed by atoms with Crippen LogP contribution in [0, 0.1) is 5.92 Å². The van der Waals surface area contributed by atoms with Gasteiger partial charge in [0.15, 0.2) is 0 Å². The van der Waals surface area contributed by atoms with Crippen LogP contribution in [-0.4, -0.2) is 47.3 Å². The van der Waals surface area contributed by atoms with Crippen LogP contribution in [0.5, 0.6) is 0 Å². The summed E-state index contributed by atoms with van der Waals surface area (Å²) in [5, 5.41) is 13.1. The lowest BCUT2D eigenvalue weighted by Gasteiger charge is -2.33. The van der Waals surface area contributed by atoms with Crippen molar-refractivity contribution in [2.24, 2.45) is 5.92 Å². The normalized spacial score (nSPS) is 31.2. The summed E-state index contributed by atoms with van der Waals surface area (Å²) in [7, 11) is 0. The van der Waals surface area contributed by atoms with Crippen LogP contribution in [0.1, 0.15) is 52.9 Å². The predicted octanol–water partition coefficient (Wildman–Crippen LogP) is 2.00. The van der Waals surface area contributed by atoms with E-state index in [0.29, 0.717) is 6.04 Å². The molecule has 1 saturated carbocycles. The van der Waals surface area contributed by atoms with Crippen molar-refractivity contribution in [2.75, 3.05) is 19.7 Å². The second kappa shape index (κ2) is 5.89. The molecule has 1 saturated heterocycles. The third-order valence-corrected chi connectivity index (χ3v) is 4.68. The second-order valence-corrected chi connectivity index (χ2v) is 6.95. The minimum Gasteiger partial charge on any atom is -0.394 e. The number of hydrogen-bond donors (Lipinski definition) is 2. The molecule has 0 radical (unpaired) electrons. The van der Waals surface area contributed by atoms with Crippen LogP contribution in [0.25, 0.3) is 0 Å². The van der Waals surface area contributed by atoms with Crippen molar-refractivity contribution < 1.29 is 5.11 Å². The lowest BCUT2D eigenvalue weighted by molar-refractivity contribution is 0.143. The summed E-state index contributed by atoms with van der Waals surface area (Å²) in [6.07, 6.45) is 6.59. The van der Waals surface area contributed by atoms with Crippen LogP contribution in [0.15, 0.2) is 0 Å². The molecule has 3 atom stereocenters. The Kier molecular flexibility index (Phi) is 4.68. The molecule has 0 spiro atoms. The van der Waals surface area contributed by atoms with Crippen LogP contribution in [0.2, 0.25) is 0 Å². The molecule has 18 heavy (non-hydrogen) atoms. The van der Waals surface area contributed by atoms with Gasteiger partial charge in [-0.3, -0.25) is 0 Å². The summed E-state index contributed by atoms with van der Waals surface area (Å²) in [6.45, 7) is 9.22. The predicted molar refractivity (Wildman–Crippen MR) is 75.7 cm³/mol. The fourth-order valence-electron chi connectivity index (χ4n) is 3.87. The van der Waals surface area contributed by atoms with E-state index in [1.54, 1.807) is 0 Å². The second-order valence-electron chi connectivity index (χ2n) is 6.95. The van der Waals surface area contributed by atoms with Gasteiger partial charge >= 0.3 is 0 Å². The SMILES string of the molecule is CC(C)NC(C)(CO)CCCN1CC2CCC1C2. The Morgan fingerprint density at radius 2 is 2.17 bits per heavy atom. The van der Waals surface area contributed by atoms with Crippen molar-refractivity contribution >= 4 is 0 Å². The van der Waals surface area contributed by atoms with E-state index < -0.39 is 0 Å². The van der Waals surface area contributed by atoms with Gasteiger partial charge in [0.25, 0.3) is 0 Å². The van der Waals surface area contributed by atoms with E-state index in [0.717, 1.165) is 18.4 Å². The summed E-state index contributed by atoms with van der Waals surface area (Å²) >= 11 is 0. The first-order chi connectivity index (χ1) is 8.52. The first-order valence-electron chi connectivity index (χ1n) is 7.65. The fraction of sp³-hybridized carbons (Fsp3) is 1.00. The van der Waals surface area contributed by atoms with E-state index in [4.69, 9.17) is 0 Å². The van der Waals surface area contributed by atoms with Gasteiger partial charge in [0.2, 0.25) is 0 Å². The molecule has 2 fully saturated rings. The Bertz CT molecular complexity index is 269. The van der Waals surface area contributed by atoms with Crippen LogP contribution in [-0.2, 0) is 0 Å². The summed E-state index contributed by atoms with van der Waals surface area (Å²) in [6, 6.07) is 1.32. The van der Waals surface area contributed by atoms with Gasteiger partial charge in [-0.1, -0.05) is 13.8 Å². The quantitative estimate of drug-likeness (QED) is 0.729. The van der Waals surface area contributed by atoms with Gasteiger partial charge in [-0.2, -0.15) is 0 Å². The smallest absolute Gasteiger partial charge is 0.0610 e. The zero-order valence-corrected chi connectivity index (χ0v) is 12.3. The number of fused-ring (bicyclic) bond motifs is 2. The maximum absolute atomic E-state index is 9.56. The average Bonchev–Trinajstić information content (AvgIpc) is 2.90. The van der Waals surface area contributed by atoms with Crippen molar-refractivity contribution in [2.45, 2.75) is 70.5 Å². The maximum Gasteiger partial charge on any atom is 0.0610 e. The maximum atomic E-state index is 9.56. The highest BCUT2D eigenvalue weighted by molar-refractivity contribution is 4.92. The number of aliphatic hydroxyl groups is 1. The molecule has 1 heterocycles. The number of likely N-dealkylation sites (tertiary alicyclic amines) is 1. The number of nitrogens with zero attached hydrogens (tertiary/aromatic N) is 1. The first kappa shape index (κ1) is 14.3. The summed E-state index contributed by atoms with van der Waals surface area (Å²) in [5.74, 6) is 0.994. The van der Waals surface area contributed by atoms with Crippen molar-refractivity contribution in [1.29, 1.82) is 0 Å². The van der Waals surface area contributed by atoms with Gasteiger partial charge in [0.1, 0.15) is 0 Å². The Morgan fingerprint density at radius 3 is 2.67 bits per heavy atom. The number of nitrogens with one attached hydrogen (secondary N) is 1. The van der Waals surface area contributed by atoms with Gasteiger partial charge in [0, 0.05) is 24.2 Å². The van der Waals surface area contributed by atoms with E-state index >= 15 is 0 Å². The molecular formula is C15H30N2O. The van der Waals surface area contributed by atoms with Crippen molar-refractivity contribution in [1.82, 2.24) is 10.2 Å². The zero-order valence-electron chi connectivity index (χ0n) is 12.3. The van der Waals surface area contributed by atoms with Crippen LogP contribution >= 0.6 is 0 Å². The molecule has 2 rings (SSSR count). The highest BCUT2D eigenvalue weighted by Gasteiger charge is 2.37. The van der Waals surface area contributed by atoms with Crippen molar-refractivity contribution in [3.05, 3.63) is 0 Å². The van der Waals surface area contributed by atoms with Gasteiger partial charge < -0.3 is 15.3 Å². The number of aliphatic hydroxyl groups excluding tert-OH is 1. The summed E-state index contributed by atoms with van der Waals surface area (Å²) < 4.78 is 0. The molecule has 1 aliphatic heterocycles. The molecule has 1 aliphatic carbocycles. The standard InChI is InChI=1S/C15H30N2O/c1-12(2)16-15(3,11-18)7-4-8-17-10-13-5-6-14(17)9-13/h12-14,16,18H,4-11H2,1-3H3. The molecule has 3 heteroatoms. The highest BCUT2D eigenvalue weighted by atomic mass is 16.3. The number of hydrogen-bond acceptors (Lipinski definition) is 3. The van der Waals surface area contributed by atoms with Gasteiger partial charge in [-0.15, -0.1) is 0 Å². The first-order valence-corrected chi connectivity index (χ1v) is 7.65. The zero-order chi connectivity index (χ0) is 13.2. The van der Waals surface area contributed by atoms with Crippen molar-refractivity contribution in [3.63, 3.8) is 0 Å². The Labute approximate surface area is 112 Å². The van der Waals surface area contributed by atoms with Crippen LogP contribution < -0.4 is 5.32 Å². The molecule has 0 aromatic rings. The number of rotatable bonds is 7. The van der Waals surface area contributed by atoms with Gasteiger partial charge in [-0.05, 0) is 51.5 Å². The minimum absolute atomic E-state index is 0.104. The average molecular weight is 254 g/mol. The van der Waals surface area contributed by atoms with E-state index in [1.807, 2.05) is 0 Å². The summed E-state index contributed by atoms with van der Waals surface area (Å²) in [5.41, 5.74) is -0.104. The van der Waals surface area contributed by atoms with E-state index in [9.17, 15) is 5.11 Å². The van der Waals surface area contributed by atoms with E-state index in [1.165, 1.54) is 38.8 Å². The Balaban J connectivity index is 1.70. The van der Waals surface area contributed by atoms with Crippen molar-refractivity contribution in [3.8, 4) is 0 Å². The van der Waals surface area contributed by atoms with E-state index in [2.05, 4.69) is 31.0 Å². The summed E-state index contributed by atoms with van der Waals surface area (Å²) in [4.78, 5) is 2.68. The van der Waals surface area contributed by atoms with Gasteiger partial charge in [0.05, 0.1) is 6.61 Å². The monoisotopic (exact) mass is 254 g/mol. The lowest BCUT2D eigenvalue weighted by atomic mass is 9.95. The topological polar surface area (TPSA) is 35.5 Å². The largest absolute Gasteiger partial charge is 0.394 e. The lowest BCUT2D eigenvalue weighted by Crippen LogP contribution is -2.49. The fourth-order valence-corrected chi connectivity index (χ4v) is 3.87. The molecule has 3 nitrogen and oxygen atoms in total. The Morgan fingerprint density at radius 1 is 1.39 bits per heavy atom. The van der Waals surface area contributed by atoms with Gasteiger partial charge in [-0.25, -0.2) is 0 Å². The molecule has 0 amide bonds. The highest BCUT2D eigenvalue weighted by Crippen LogP contribution is 2.37. The molecule has 3 unspecified atom stereocenters. The molecular weight excluding hydrogens is 224 g/mol. The molecule has 0 aromatic heterocycles. The molecule has 2 N–H and O–H groups in total. The van der Waals surface area contributed by atoms with Crippen LogP contribution in [0.3, 0.4) is 0 Å². The molecule has 0 aromatic carbocycles. The Hall–Kier alpha value is -0.120. The van der Waals surface area contributed by atoms with Crippen LogP contribution in [0.4, 0.5) is 0 Å². The van der Waals surface area contributed by atoms with E-state index in [-0.39, 0.29) is 12.1 Å². The molecule has 2 aliphatic rings. The minimum atomic E-state index is -0.104. The third kappa shape index (κ3) is 3.46. The third-order valence-electron chi connectivity index (χ3n) is 4.68. The molecule has 2 bridgehead atoms.